The first-order valence-electron chi connectivity index (χ1n) is 8.01. The number of rotatable bonds is 6. The monoisotopic (exact) mass is 319 g/mol. The minimum atomic E-state index is -0.222. The first kappa shape index (κ1) is 17.1. The van der Waals surface area contributed by atoms with E-state index in [1.54, 1.807) is 11.0 Å². The molecule has 1 fully saturated rings. The highest BCUT2D eigenvalue weighted by molar-refractivity contribution is 5.67. The number of carbonyl (C=O) groups excluding carboxylic acids is 1. The van der Waals surface area contributed by atoms with E-state index in [1.807, 2.05) is 19.9 Å². The van der Waals surface area contributed by atoms with E-state index in [9.17, 15) is 4.79 Å². The topological polar surface area (TPSA) is 79.4 Å². The normalized spacial score (nSPS) is 15.1. The molecule has 1 amide bonds. The smallest absolute Gasteiger partial charge is 0.409 e. The van der Waals surface area contributed by atoms with E-state index in [0.717, 1.165) is 24.5 Å². The van der Waals surface area contributed by atoms with Crippen molar-refractivity contribution in [2.75, 3.05) is 36.9 Å². The molecule has 0 bridgehead atoms. The minimum Gasteiger partial charge on any atom is -0.450 e. The highest BCUT2D eigenvalue weighted by Gasteiger charge is 2.23. The number of nitrogens with one attached hydrogen (secondary N) is 2. The van der Waals surface area contributed by atoms with Gasteiger partial charge in [-0.3, -0.25) is 0 Å². The van der Waals surface area contributed by atoms with Crippen molar-refractivity contribution in [3.8, 4) is 0 Å². The number of piperidine rings is 1. The minimum absolute atomic E-state index is 0.222. The zero-order valence-corrected chi connectivity index (χ0v) is 13.8. The summed E-state index contributed by atoms with van der Waals surface area (Å²) in [4.78, 5) is 22.2. The molecule has 0 spiro atoms. The van der Waals surface area contributed by atoms with Crippen LogP contribution in [-0.2, 0) is 4.74 Å². The van der Waals surface area contributed by atoms with Gasteiger partial charge >= 0.3 is 6.09 Å². The zero-order chi connectivity index (χ0) is 16.7. The maximum Gasteiger partial charge on any atom is 0.409 e. The Morgan fingerprint density at radius 3 is 2.78 bits per heavy atom. The summed E-state index contributed by atoms with van der Waals surface area (Å²) < 4.78 is 5.03. The summed E-state index contributed by atoms with van der Waals surface area (Å²) in [5.74, 6) is 2.30. The van der Waals surface area contributed by atoms with Gasteiger partial charge in [-0.1, -0.05) is 6.08 Å². The van der Waals surface area contributed by atoms with Gasteiger partial charge in [0.2, 0.25) is 0 Å². The van der Waals surface area contributed by atoms with Gasteiger partial charge in [0.1, 0.15) is 17.5 Å². The zero-order valence-electron chi connectivity index (χ0n) is 13.8. The standard InChI is InChI=1S/C16H25N5O2/c1-4-8-17-14-11-15(19-12(3)18-14)20-13-6-9-21(10-7-13)16(22)23-5-2/h4,11,13H,1,5-10H2,2-3H3,(H2,17,18,19,20). The molecule has 2 N–H and O–H groups in total. The van der Waals surface area contributed by atoms with Gasteiger partial charge in [-0.25, -0.2) is 14.8 Å². The molecular formula is C16H25N5O2. The highest BCUT2D eigenvalue weighted by atomic mass is 16.6. The molecule has 2 rings (SSSR count). The Balaban J connectivity index is 1.89. The fourth-order valence-electron chi connectivity index (χ4n) is 2.54. The van der Waals surface area contributed by atoms with E-state index in [1.165, 1.54) is 0 Å². The summed E-state index contributed by atoms with van der Waals surface area (Å²) in [5.41, 5.74) is 0. The van der Waals surface area contributed by atoms with Crippen LogP contribution in [0.15, 0.2) is 18.7 Å². The third-order valence-electron chi connectivity index (χ3n) is 3.64. The Kier molecular flexibility index (Phi) is 6.19. The molecule has 1 aromatic rings. The van der Waals surface area contributed by atoms with Gasteiger partial charge in [0.15, 0.2) is 0 Å². The molecule has 0 aromatic carbocycles. The largest absolute Gasteiger partial charge is 0.450 e. The van der Waals surface area contributed by atoms with Crippen LogP contribution in [0.3, 0.4) is 0 Å². The van der Waals surface area contributed by atoms with Crippen LogP contribution in [0.4, 0.5) is 16.4 Å². The average molecular weight is 319 g/mol. The Bertz CT molecular complexity index is 541. The first-order chi connectivity index (χ1) is 11.1. The van der Waals surface area contributed by atoms with Crippen molar-refractivity contribution in [1.82, 2.24) is 14.9 Å². The van der Waals surface area contributed by atoms with E-state index < -0.39 is 0 Å². The van der Waals surface area contributed by atoms with Crippen molar-refractivity contribution in [2.24, 2.45) is 0 Å². The van der Waals surface area contributed by atoms with E-state index in [2.05, 4.69) is 27.2 Å². The summed E-state index contributed by atoms with van der Waals surface area (Å²) in [6.07, 6.45) is 3.31. The Labute approximate surface area is 137 Å². The molecule has 0 saturated carbocycles. The van der Waals surface area contributed by atoms with E-state index in [-0.39, 0.29) is 6.09 Å². The van der Waals surface area contributed by atoms with Crippen molar-refractivity contribution in [1.29, 1.82) is 0 Å². The van der Waals surface area contributed by atoms with Crippen LogP contribution in [0.5, 0.6) is 0 Å². The van der Waals surface area contributed by atoms with Crippen LogP contribution in [0, 0.1) is 6.92 Å². The van der Waals surface area contributed by atoms with Crippen molar-refractivity contribution >= 4 is 17.7 Å². The van der Waals surface area contributed by atoms with Gasteiger partial charge in [-0.15, -0.1) is 6.58 Å². The number of amides is 1. The van der Waals surface area contributed by atoms with Crippen molar-refractivity contribution in [3.63, 3.8) is 0 Å². The molecule has 0 aliphatic carbocycles. The van der Waals surface area contributed by atoms with Crippen LogP contribution in [0.1, 0.15) is 25.6 Å². The first-order valence-corrected chi connectivity index (χ1v) is 8.01. The summed E-state index contributed by atoms with van der Waals surface area (Å²) >= 11 is 0. The van der Waals surface area contributed by atoms with Crippen LogP contribution in [0.25, 0.3) is 0 Å². The van der Waals surface area contributed by atoms with Gasteiger partial charge in [-0.2, -0.15) is 0 Å². The quantitative estimate of drug-likeness (QED) is 0.784. The number of carbonyl (C=O) groups is 1. The number of hydrogen-bond acceptors (Lipinski definition) is 6. The maximum atomic E-state index is 11.7. The van der Waals surface area contributed by atoms with Gasteiger partial charge in [-0.05, 0) is 26.7 Å². The van der Waals surface area contributed by atoms with Crippen LogP contribution in [-0.4, -0.2) is 53.2 Å². The number of aromatic nitrogens is 2. The second-order valence-corrected chi connectivity index (χ2v) is 5.46. The molecule has 1 saturated heterocycles. The number of aryl methyl sites for hydroxylation is 1. The Morgan fingerprint density at radius 1 is 1.43 bits per heavy atom. The molecule has 126 valence electrons. The lowest BCUT2D eigenvalue weighted by Crippen LogP contribution is -2.42. The summed E-state index contributed by atoms with van der Waals surface area (Å²) in [6.45, 7) is 9.84. The van der Waals surface area contributed by atoms with Gasteiger partial charge in [0.25, 0.3) is 0 Å². The molecule has 1 aliphatic heterocycles. The lowest BCUT2D eigenvalue weighted by Gasteiger charge is -2.31. The lowest BCUT2D eigenvalue weighted by atomic mass is 10.1. The summed E-state index contributed by atoms with van der Waals surface area (Å²) in [6, 6.07) is 2.19. The van der Waals surface area contributed by atoms with Crippen molar-refractivity contribution in [3.05, 3.63) is 24.5 Å². The third-order valence-corrected chi connectivity index (χ3v) is 3.64. The average Bonchev–Trinajstić information content (AvgIpc) is 2.53. The van der Waals surface area contributed by atoms with Gasteiger partial charge < -0.3 is 20.3 Å². The molecule has 0 atom stereocenters. The van der Waals surface area contributed by atoms with Crippen molar-refractivity contribution in [2.45, 2.75) is 32.7 Å². The number of anilines is 2. The molecule has 7 heteroatoms. The molecule has 0 radical (unpaired) electrons. The molecule has 7 nitrogen and oxygen atoms in total. The van der Waals surface area contributed by atoms with Crippen molar-refractivity contribution < 1.29 is 9.53 Å². The lowest BCUT2D eigenvalue weighted by molar-refractivity contribution is 0.0983. The molecular weight excluding hydrogens is 294 g/mol. The SMILES string of the molecule is C=CCNc1cc(NC2CCN(C(=O)OCC)CC2)nc(C)n1. The van der Waals surface area contributed by atoms with Crippen LogP contribution in [0.2, 0.25) is 0 Å². The third kappa shape index (κ3) is 5.12. The van der Waals surface area contributed by atoms with Gasteiger partial charge in [0.05, 0.1) is 6.61 Å². The molecule has 1 aliphatic rings. The number of likely N-dealkylation sites (tertiary alicyclic amines) is 1. The second-order valence-electron chi connectivity index (χ2n) is 5.46. The molecule has 0 unspecified atom stereocenters. The van der Waals surface area contributed by atoms with Gasteiger partial charge in [0, 0.05) is 31.7 Å². The predicted molar refractivity (Wildman–Crippen MR) is 90.7 cm³/mol. The second kappa shape index (κ2) is 8.36. The fraction of sp³-hybridized carbons (Fsp3) is 0.562. The van der Waals surface area contributed by atoms with E-state index >= 15 is 0 Å². The molecule has 2 heterocycles. The maximum absolute atomic E-state index is 11.7. The fourth-order valence-corrected chi connectivity index (χ4v) is 2.54. The predicted octanol–water partition coefficient (Wildman–Crippen LogP) is 2.42. The van der Waals surface area contributed by atoms with E-state index in [0.29, 0.717) is 38.1 Å². The number of ether oxygens (including phenoxy) is 1. The highest BCUT2D eigenvalue weighted by Crippen LogP contribution is 2.18. The Morgan fingerprint density at radius 2 is 2.13 bits per heavy atom. The summed E-state index contributed by atoms with van der Waals surface area (Å²) in [5, 5.41) is 6.60. The van der Waals surface area contributed by atoms with Crippen LogP contribution < -0.4 is 10.6 Å². The Hall–Kier alpha value is -2.31. The number of hydrogen-bond donors (Lipinski definition) is 2. The van der Waals surface area contributed by atoms with Crippen LogP contribution >= 0.6 is 0 Å². The number of nitrogens with zero attached hydrogens (tertiary/aromatic N) is 3. The van der Waals surface area contributed by atoms with E-state index in [4.69, 9.17) is 4.74 Å². The molecule has 1 aromatic heterocycles. The summed E-state index contributed by atoms with van der Waals surface area (Å²) in [7, 11) is 0. The molecule has 23 heavy (non-hydrogen) atoms.